The predicted octanol–water partition coefficient (Wildman–Crippen LogP) is 2.32. The molecule has 0 aliphatic carbocycles. The molecule has 4 nitrogen and oxygen atoms in total. The largest absolute Gasteiger partial charge is 0.352 e. The molecule has 0 spiro atoms. The Bertz CT molecular complexity index is 495. The van der Waals surface area contributed by atoms with Gasteiger partial charge in [-0.1, -0.05) is 45.9 Å². The van der Waals surface area contributed by atoms with Crippen LogP contribution in [0, 0.1) is 0 Å². The van der Waals surface area contributed by atoms with Crippen molar-refractivity contribution in [3.8, 4) is 0 Å². The Hall–Kier alpha value is -1.01. The summed E-state index contributed by atoms with van der Waals surface area (Å²) in [6.45, 7) is 1.96. The predicted molar refractivity (Wildman–Crippen MR) is 80.2 cm³/mol. The summed E-state index contributed by atoms with van der Waals surface area (Å²) in [5.74, 6) is 0.393. The highest BCUT2D eigenvalue weighted by molar-refractivity contribution is 9.10. The number of nitrogens with one attached hydrogen (secondary N) is 2. The maximum Gasteiger partial charge on any atom is 0.279 e. The molecule has 0 unspecified atom stereocenters. The van der Waals surface area contributed by atoms with Gasteiger partial charge in [0.25, 0.3) is 5.24 Å². The van der Waals surface area contributed by atoms with Gasteiger partial charge in [-0.3, -0.25) is 9.59 Å². The number of thioether (sulfide) groups is 1. The van der Waals surface area contributed by atoms with Crippen molar-refractivity contribution >= 4 is 38.8 Å². The van der Waals surface area contributed by atoms with Crippen molar-refractivity contribution in [3.63, 3.8) is 0 Å². The van der Waals surface area contributed by atoms with E-state index in [1.165, 1.54) is 0 Å². The molecule has 1 fully saturated rings. The summed E-state index contributed by atoms with van der Waals surface area (Å²) in [6.07, 6.45) is 0.751. The summed E-state index contributed by atoms with van der Waals surface area (Å²) in [6, 6.07) is 7.57. The lowest BCUT2D eigenvalue weighted by molar-refractivity contribution is -0.122. The van der Waals surface area contributed by atoms with Crippen molar-refractivity contribution < 1.29 is 9.59 Å². The molecule has 2 amide bonds. The van der Waals surface area contributed by atoms with Crippen LogP contribution < -0.4 is 10.6 Å². The number of rotatable bonds is 4. The summed E-state index contributed by atoms with van der Waals surface area (Å²) in [5.41, 5.74) is 1.15. The second-order valence-corrected chi connectivity index (χ2v) is 6.35. The van der Waals surface area contributed by atoms with E-state index >= 15 is 0 Å². The Labute approximate surface area is 124 Å². The molecule has 2 N–H and O–H groups in total. The number of halogens is 1. The Balaban J connectivity index is 1.87. The molecule has 2 atom stereocenters. The first-order valence-corrected chi connectivity index (χ1v) is 7.81. The molecular formula is C13H15BrN2O2S. The Morgan fingerprint density at radius 2 is 2.32 bits per heavy atom. The average Bonchev–Trinajstić information content (AvgIpc) is 2.79. The second-order valence-electron chi connectivity index (χ2n) is 4.50. The van der Waals surface area contributed by atoms with Gasteiger partial charge in [-0.05, 0) is 25.0 Å². The monoisotopic (exact) mass is 342 g/mol. The van der Waals surface area contributed by atoms with E-state index in [9.17, 15) is 9.59 Å². The van der Waals surface area contributed by atoms with Gasteiger partial charge in [0.15, 0.2) is 0 Å². The molecule has 1 saturated heterocycles. The van der Waals surface area contributed by atoms with Crippen LogP contribution in [0.25, 0.3) is 0 Å². The van der Waals surface area contributed by atoms with Crippen molar-refractivity contribution in [1.29, 1.82) is 0 Å². The van der Waals surface area contributed by atoms with Crippen LogP contribution in [0.3, 0.4) is 0 Å². The first-order chi connectivity index (χ1) is 9.06. The highest BCUT2D eigenvalue weighted by atomic mass is 79.9. The van der Waals surface area contributed by atoms with E-state index in [2.05, 4.69) is 26.6 Å². The van der Waals surface area contributed by atoms with Gasteiger partial charge in [0, 0.05) is 16.3 Å². The Morgan fingerprint density at radius 3 is 2.95 bits per heavy atom. The van der Waals surface area contributed by atoms with Crippen LogP contribution in [0.15, 0.2) is 28.7 Å². The lowest BCUT2D eigenvalue weighted by Gasteiger charge is -2.17. The molecule has 6 heteroatoms. The van der Waals surface area contributed by atoms with E-state index in [1.54, 1.807) is 0 Å². The minimum absolute atomic E-state index is 0.0219. The third kappa shape index (κ3) is 3.98. The Morgan fingerprint density at radius 1 is 1.58 bits per heavy atom. The van der Waals surface area contributed by atoms with Crippen molar-refractivity contribution in [2.24, 2.45) is 0 Å². The van der Waals surface area contributed by atoms with Gasteiger partial charge in [0.05, 0.1) is 0 Å². The highest BCUT2D eigenvalue weighted by Crippen LogP contribution is 2.18. The number of benzene rings is 1. The second kappa shape index (κ2) is 6.43. The SMILES string of the molecule is C[C@H](Cc1ccccc1Br)NC(=O)[C@@H]1CSC(=O)N1. The molecule has 1 aliphatic rings. The third-order valence-electron chi connectivity index (χ3n) is 2.86. The van der Waals surface area contributed by atoms with Crippen LogP contribution in [0.1, 0.15) is 12.5 Å². The van der Waals surface area contributed by atoms with E-state index in [0.29, 0.717) is 5.75 Å². The van der Waals surface area contributed by atoms with E-state index < -0.39 is 6.04 Å². The smallest absolute Gasteiger partial charge is 0.279 e. The number of carbonyl (C=O) groups excluding carboxylic acids is 2. The number of carbonyl (C=O) groups is 2. The maximum atomic E-state index is 11.9. The molecule has 0 bridgehead atoms. The van der Waals surface area contributed by atoms with Crippen LogP contribution >= 0.6 is 27.7 Å². The summed E-state index contributed by atoms with van der Waals surface area (Å²) in [5, 5.41) is 5.44. The van der Waals surface area contributed by atoms with Crippen molar-refractivity contribution in [1.82, 2.24) is 10.6 Å². The molecule has 102 valence electrons. The number of amides is 2. The molecule has 19 heavy (non-hydrogen) atoms. The molecule has 0 aromatic heterocycles. The van der Waals surface area contributed by atoms with E-state index in [0.717, 1.165) is 28.2 Å². The average molecular weight is 343 g/mol. The minimum atomic E-state index is -0.404. The molecular weight excluding hydrogens is 328 g/mol. The van der Waals surface area contributed by atoms with E-state index in [-0.39, 0.29) is 17.2 Å². The lowest BCUT2D eigenvalue weighted by Crippen LogP contribution is -2.46. The molecule has 1 aromatic carbocycles. The molecule has 2 rings (SSSR count). The molecule has 0 saturated carbocycles. The first kappa shape index (κ1) is 14.4. The van der Waals surface area contributed by atoms with Crippen LogP contribution in [0.5, 0.6) is 0 Å². The van der Waals surface area contributed by atoms with Gasteiger partial charge in [-0.25, -0.2) is 0 Å². The van der Waals surface area contributed by atoms with E-state index in [1.807, 2.05) is 31.2 Å². The minimum Gasteiger partial charge on any atom is -0.352 e. The molecule has 0 radical (unpaired) electrons. The van der Waals surface area contributed by atoms with Gasteiger partial charge < -0.3 is 10.6 Å². The van der Waals surface area contributed by atoms with Crippen LogP contribution in [0.4, 0.5) is 4.79 Å². The van der Waals surface area contributed by atoms with Gasteiger partial charge in [-0.2, -0.15) is 0 Å². The number of hydrogen-bond donors (Lipinski definition) is 2. The highest BCUT2D eigenvalue weighted by Gasteiger charge is 2.28. The maximum absolute atomic E-state index is 11.9. The molecule has 1 aromatic rings. The zero-order valence-corrected chi connectivity index (χ0v) is 12.9. The molecule has 1 aliphatic heterocycles. The molecule has 1 heterocycles. The van der Waals surface area contributed by atoms with Crippen LogP contribution in [-0.2, 0) is 11.2 Å². The van der Waals surface area contributed by atoms with Gasteiger partial charge in [0.2, 0.25) is 5.91 Å². The first-order valence-electron chi connectivity index (χ1n) is 6.03. The topological polar surface area (TPSA) is 58.2 Å². The third-order valence-corrected chi connectivity index (χ3v) is 4.52. The zero-order valence-electron chi connectivity index (χ0n) is 10.5. The van der Waals surface area contributed by atoms with Gasteiger partial charge in [0.1, 0.15) is 6.04 Å². The number of hydrogen-bond acceptors (Lipinski definition) is 3. The summed E-state index contributed by atoms with van der Waals surface area (Å²) in [7, 11) is 0. The zero-order chi connectivity index (χ0) is 13.8. The van der Waals surface area contributed by atoms with Crippen molar-refractivity contribution in [3.05, 3.63) is 34.3 Å². The Kier molecular flexibility index (Phi) is 4.87. The fourth-order valence-electron chi connectivity index (χ4n) is 1.91. The van der Waals surface area contributed by atoms with Crippen LogP contribution in [0.2, 0.25) is 0 Å². The van der Waals surface area contributed by atoms with E-state index in [4.69, 9.17) is 0 Å². The normalized spacial score (nSPS) is 19.9. The van der Waals surface area contributed by atoms with Crippen LogP contribution in [-0.4, -0.2) is 29.0 Å². The summed E-state index contributed by atoms with van der Waals surface area (Å²) < 4.78 is 1.04. The van der Waals surface area contributed by atoms with Crippen molar-refractivity contribution in [2.45, 2.75) is 25.4 Å². The standard InChI is InChI=1S/C13H15BrN2O2S/c1-8(6-9-4-2-3-5-10(9)14)15-12(17)11-7-19-13(18)16-11/h2-5,8,11H,6-7H2,1H3,(H,15,17)(H,16,18)/t8-,11+/m1/s1. The van der Waals surface area contributed by atoms with Crippen molar-refractivity contribution in [2.75, 3.05) is 5.75 Å². The van der Waals surface area contributed by atoms with Gasteiger partial charge in [-0.15, -0.1) is 0 Å². The fraction of sp³-hybridized carbons (Fsp3) is 0.385. The summed E-state index contributed by atoms with van der Waals surface area (Å²) >= 11 is 4.64. The quantitative estimate of drug-likeness (QED) is 0.882. The fourth-order valence-corrected chi connectivity index (χ4v) is 3.14. The lowest BCUT2D eigenvalue weighted by atomic mass is 10.1. The van der Waals surface area contributed by atoms with Gasteiger partial charge >= 0.3 is 0 Å². The summed E-state index contributed by atoms with van der Waals surface area (Å²) in [4.78, 5) is 23.0.